The zero-order valence-corrected chi connectivity index (χ0v) is 14.9. The van der Waals surface area contributed by atoms with E-state index >= 15 is 0 Å². The lowest BCUT2D eigenvalue weighted by atomic mass is 10.1. The summed E-state index contributed by atoms with van der Waals surface area (Å²) >= 11 is 0. The highest BCUT2D eigenvalue weighted by atomic mass is 16.3. The van der Waals surface area contributed by atoms with Crippen LogP contribution >= 0.6 is 0 Å². The van der Waals surface area contributed by atoms with E-state index in [1.165, 1.54) is 0 Å². The summed E-state index contributed by atoms with van der Waals surface area (Å²) in [5.74, 6) is 1.68. The Bertz CT molecular complexity index is 878. The van der Waals surface area contributed by atoms with Crippen LogP contribution in [0.3, 0.4) is 0 Å². The van der Waals surface area contributed by atoms with Crippen molar-refractivity contribution in [1.29, 1.82) is 0 Å². The van der Waals surface area contributed by atoms with Crippen molar-refractivity contribution in [3.8, 4) is 11.4 Å². The van der Waals surface area contributed by atoms with E-state index in [0.29, 0.717) is 5.82 Å². The molecule has 1 unspecified atom stereocenters. The largest absolute Gasteiger partial charge is 0.395 e. The third kappa shape index (κ3) is 3.25. The van der Waals surface area contributed by atoms with Gasteiger partial charge in [0.15, 0.2) is 5.82 Å². The van der Waals surface area contributed by atoms with Gasteiger partial charge in [0.2, 0.25) is 0 Å². The van der Waals surface area contributed by atoms with Crippen molar-refractivity contribution >= 4 is 16.7 Å². The Hall–Kier alpha value is -2.57. The normalized spacial score (nSPS) is 16.8. The molecule has 6 heteroatoms. The first kappa shape index (κ1) is 16.9. The fourth-order valence-corrected chi connectivity index (χ4v) is 3.42. The number of aromatic nitrogens is 3. The zero-order chi connectivity index (χ0) is 17.9. The molecule has 0 spiro atoms. The number of aliphatic hydroxyl groups excluding tert-OH is 1. The number of hydrogen-bond donors (Lipinski definition) is 1. The van der Waals surface area contributed by atoms with Crippen LogP contribution in [-0.2, 0) is 0 Å². The number of hydrogen-bond acceptors (Lipinski definition) is 6. The van der Waals surface area contributed by atoms with Gasteiger partial charge in [-0.15, -0.1) is 0 Å². The van der Waals surface area contributed by atoms with Crippen LogP contribution in [0.4, 0.5) is 5.82 Å². The maximum absolute atomic E-state index is 9.39. The third-order valence-corrected chi connectivity index (χ3v) is 5.00. The van der Waals surface area contributed by atoms with Crippen molar-refractivity contribution in [2.45, 2.75) is 13.0 Å². The monoisotopic (exact) mass is 349 g/mol. The maximum atomic E-state index is 9.39. The fraction of sp³-hybridized carbons (Fsp3) is 0.350. The van der Waals surface area contributed by atoms with E-state index in [1.807, 2.05) is 30.3 Å². The van der Waals surface area contributed by atoms with Gasteiger partial charge in [0, 0.05) is 55.6 Å². The first-order valence-electron chi connectivity index (χ1n) is 9.03. The van der Waals surface area contributed by atoms with E-state index in [2.05, 4.69) is 27.8 Å². The summed E-state index contributed by atoms with van der Waals surface area (Å²) in [6, 6.07) is 12.2. The summed E-state index contributed by atoms with van der Waals surface area (Å²) in [7, 11) is 0. The summed E-state index contributed by atoms with van der Waals surface area (Å²) < 4.78 is 0. The number of para-hydroxylation sites is 1. The Morgan fingerprint density at radius 1 is 1.04 bits per heavy atom. The summed E-state index contributed by atoms with van der Waals surface area (Å²) in [6.07, 6.45) is 3.56. The molecule has 1 aromatic carbocycles. The maximum Gasteiger partial charge on any atom is 0.163 e. The topological polar surface area (TPSA) is 65.4 Å². The molecule has 0 radical (unpaired) electrons. The van der Waals surface area contributed by atoms with Gasteiger partial charge in [-0.25, -0.2) is 9.97 Å². The highest BCUT2D eigenvalue weighted by molar-refractivity contribution is 5.91. The van der Waals surface area contributed by atoms with Gasteiger partial charge in [-0.3, -0.25) is 9.88 Å². The number of aliphatic hydroxyl groups is 1. The summed E-state index contributed by atoms with van der Waals surface area (Å²) in [5.41, 5.74) is 1.87. The lowest BCUT2D eigenvalue weighted by Crippen LogP contribution is -2.50. The number of nitrogens with zero attached hydrogens (tertiary/aromatic N) is 5. The first-order chi connectivity index (χ1) is 12.8. The molecule has 1 aliphatic rings. The SMILES string of the molecule is CC(CO)N1CCN(c2nc(-c3cccnc3)nc3ccccc23)CC1. The van der Waals surface area contributed by atoms with E-state index in [-0.39, 0.29) is 12.6 Å². The summed E-state index contributed by atoms with van der Waals surface area (Å²) in [4.78, 5) is 18.5. The van der Waals surface area contributed by atoms with Crippen LogP contribution in [0.2, 0.25) is 0 Å². The Morgan fingerprint density at radius 3 is 2.58 bits per heavy atom. The molecule has 6 nitrogen and oxygen atoms in total. The van der Waals surface area contributed by atoms with Gasteiger partial charge in [-0.1, -0.05) is 12.1 Å². The molecule has 0 amide bonds. The molecule has 1 N–H and O–H groups in total. The third-order valence-electron chi connectivity index (χ3n) is 5.00. The van der Waals surface area contributed by atoms with Crippen molar-refractivity contribution in [2.24, 2.45) is 0 Å². The van der Waals surface area contributed by atoms with Crippen molar-refractivity contribution in [3.05, 3.63) is 48.8 Å². The van der Waals surface area contributed by atoms with Crippen LogP contribution in [-0.4, -0.2) is 63.8 Å². The van der Waals surface area contributed by atoms with E-state index in [1.54, 1.807) is 12.4 Å². The number of piperazine rings is 1. The van der Waals surface area contributed by atoms with E-state index in [9.17, 15) is 5.11 Å². The van der Waals surface area contributed by atoms with Crippen LogP contribution in [0.5, 0.6) is 0 Å². The lowest BCUT2D eigenvalue weighted by molar-refractivity contribution is 0.128. The molecule has 3 heterocycles. The highest BCUT2D eigenvalue weighted by Crippen LogP contribution is 2.28. The van der Waals surface area contributed by atoms with Crippen LogP contribution < -0.4 is 4.90 Å². The summed E-state index contributed by atoms with van der Waals surface area (Å²) in [5, 5.41) is 10.5. The molecule has 1 fully saturated rings. The molecule has 0 saturated carbocycles. The molecule has 26 heavy (non-hydrogen) atoms. The van der Waals surface area contributed by atoms with Gasteiger partial charge in [-0.05, 0) is 31.2 Å². The second-order valence-electron chi connectivity index (χ2n) is 6.68. The average Bonchev–Trinajstić information content (AvgIpc) is 2.73. The minimum absolute atomic E-state index is 0.196. The van der Waals surface area contributed by atoms with Gasteiger partial charge in [0.25, 0.3) is 0 Å². The van der Waals surface area contributed by atoms with Crippen LogP contribution in [0.15, 0.2) is 48.8 Å². The summed E-state index contributed by atoms with van der Waals surface area (Å²) in [6.45, 7) is 5.87. The minimum Gasteiger partial charge on any atom is -0.395 e. The Kier molecular flexibility index (Phi) is 4.77. The van der Waals surface area contributed by atoms with E-state index < -0.39 is 0 Å². The molecule has 4 rings (SSSR count). The second-order valence-corrected chi connectivity index (χ2v) is 6.68. The first-order valence-corrected chi connectivity index (χ1v) is 9.03. The van der Waals surface area contributed by atoms with Gasteiger partial charge >= 0.3 is 0 Å². The predicted octanol–water partition coefficient (Wildman–Crippen LogP) is 2.19. The zero-order valence-electron chi connectivity index (χ0n) is 14.9. The minimum atomic E-state index is 0.196. The number of rotatable bonds is 4. The Labute approximate surface area is 153 Å². The molecule has 134 valence electrons. The van der Waals surface area contributed by atoms with Gasteiger partial charge in [0.05, 0.1) is 12.1 Å². The molecular formula is C20H23N5O. The molecule has 1 atom stereocenters. The standard InChI is InChI=1S/C20H23N5O/c1-15(14-26)24-9-11-25(12-10-24)20-17-6-2-3-7-18(17)22-19(23-20)16-5-4-8-21-13-16/h2-8,13,15,26H,9-12,14H2,1H3. The quantitative estimate of drug-likeness (QED) is 0.779. The number of benzene rings is 1. The number of fused-ring (bicyclic) bond motifs is 1. The van der Waals surface area contributed by atoms with Crippen molar-refractivity contribution < 1.29 is 5.11 Å². The van der Waals surface area contributed by atoms with E-state index in [0.717, 1.165) is 48.5 Å². The van der Waals surface area contributed by atoms with E-state index in [4.69, 9.17) is 9.97 Å². The molecule has 1 aliphatic heterocycles. The van der Waals surface area contributed by atoms with Crippen molar-refractivity contribution in [2.75, 3.05) is 37.7 Å². The van der Waals surface area contributed by atoms with Crippen LogP contribution in [0, 0.1) is 0 Å². The Morgan fingerprint density at radius 2 is 1.85 bits per heavy atom. The highest BCUT2D eigenvalue weighted by Gasteiger charge is 2.23. The lowest BCUT2D eigenvalue weighted by Gasteiger charge is -2.38. The Balaban J connectivity index is 1.70. The average molecular weight is 349 g/mol. The predicted molar refractivity (Wildman–Crippen MR) is 103 cm³/mol. The van der Waals surface area contributed by atoms with Crippen LogP contribution in [0.25, 0.3) is 22.3 Å². The molecular weight excluding hydrogens is 326 g/mol. The smallest absolute Gasteiger partial charge is 0.163 e. The van der Waals surface area contributed by atoms with Crippen LogP contribution in [0.1, 0.15) is 6.92 Å². The van der Waals surface area contributed by atoms with Gasteiger partial charge < -0.3 is 10.0 Å². The van der Waals surface area contributed by atoms with Gasteiger partial charge in [-0.2, -0.15) is 0 Å². The second kappa shape index (κ2) is 7.35. The molecule has 0 bridgehead atoms. The molecule has 0 aliphatic carbocycles. The fourth-order valence-electron chi connectivity index (χ4n) is 3.42. The molecule has 2 aromatic heterocycles. The van der Waals surface area contributed by atoms with Gasteiger partial charge in [0.1, 0.15) is 5.82 Å². The number of anilines is 1. The molecule has 1 saturated heterocycles. The molecule has 3 aromatic rings. The van der Waals surface area contributed by atoms with Crippen molar-refractivity contribution in [3.63, 3.8) is 0 Å². The van der Waals surface area contributed by atoms with Crippen molar-refractivity contribution in [1.82, 2.24) is 19.9 Å². The number of pyridine rings is 1.